The van der Waals surface area contributed by atoms with Crippen molar-refractivity contribution in [2.24, 2.45) is 5.92 Å². The van der Waals surface area contributed by atoms with Crippen molar-refractivity contribution in [2.45, 2.75) is 13.3 Å². The van der Waals surface area contributed by atoms with Gasteiger partial charge in [0.25, 0.3) is 0 Å². The Kier molecular flexibility index (Phi) is 6.53. The molecule has 0 saturated heterocycles. The molecule has 0 N–H and O–H groups in total. The number of alkyl halides is 1. The Balaban J connectivity index is 2.47. The van der Waals surface area contributed by atoms with E-state index in [1.807, 2.05) is 6.92 Å². The van der Waals surface area contributed by atoms with Crippen LogP contribution in [0.1, 0.15) is 12.5 Å². The molecule has 0 aliphatic carbocycles. The molecular weight excluding hydrogens is 320 g/mol. The summed E-state index contributed by atoms with van der Waals surface area (Å²) < 4.78 is 6.57. The van der Waals surface area contributed by atoms with Crippen LogP contribution in [0.2, 0.25) is 0 Å². The number of ether oxygens (including phenoxy) is 1. The Morgan fingerprint density at radius 1 is 1.27 bits per heavy atom. The largest absolute Gasteiger partial charge is 0.381 e. The molecule has 1 atom stereocenters. The Morgan fingerprint density at radius 2 is 1.93 bits per heavy atom. The summed E-state index contributed by atoms with van der Waals surface area (Å²) in [5.74, 6) is 0.561. The Morgan fingerprint density at radius 3 is 2.47 bits per heavy atom. The first-order valence-electron chi connectivity index (χ1n) is 5.14. The number of benzene rings is 1. The molecule has 0 aliphatic heterocycles. The van der Waals surface area contributed by atoms with Gasteiger partial charge in [0.1, 0.15) is 0 Å². The third-order valence-corrected chi connectivity index (χ3v) is 3.66. The molecule has 84 valence electrons. The second kappa shape index (κ2) is 7.42. The zero-order valence-electron chi connectivity index (χ0n) is 8.88. The van der Waals surface area contributed by atoms with E-state index in [1.165, 1.54) is 5.56 Å². The summed E-state index contributed by atoms with van der Waals surface area (Å²) in [5.41, 5.74) is 1.36. The second-order valence-electron chi connectivity index (χ2n) is 3.51. The maximum absolute atomic E-state index is 5.44. The topological polar surface area (TPSA) is 9.23 Å². The molecule has 0 spiro atoms. The monoisotopic (exact) mass is 334 g/mol. The standard InChI is InChI=1S/C12H16Br2O/c1-2-15-9-11(8-13)7-10-3-5-12(14)6-4-10/h3-6,11H,2,7-9H2,1H3. The van der Waals surface area contributed by atoms with Gasteiger partial charge >= 0.3 is 0 Å². The molecule has 0 bridgehead atoms. The lowest BCUT2D eigenvalue weighted by atomic mass is 10.0. The molecular formula is C12H16Br2O. The normalized spacial score (nSPS) is 12.7. The van der Waals surface area contributed by atoms with Gasteiger partial charge in [-0.2, -0.15) is 0 Å². The first-order chi connectivity index (χ1) is 7.26. The highest BCUT2D eigenvalue weighted by Crippen LogP contribution is 2.15. The third-order valence-electron chi connectivity index (χ3n) is 2.21. The van der Waals surface area contributed by atoms with Crippen LogP contribution in [0.5, 0.6) is 0 Å². The summed E-state index contributed by atoms with van der Waals surface area (Å²) in [6.07, 6.45) is 1.07. The maximum atomic E-state index is 5.44. The minimum Gasteiger partial charge on any atom is -0.381 e. The molecule has 3 heteroatoms. The van der Waals surface area contributed by atoms with Crippen molar-refractivity contribution in [3.8, 4) is 0 Å². The third kappa shape index (κ3) is 5.14. The van der Waals surface area contributed by atoms with Crippen molar-refractivity contribution in [1.29, 1.82) is 0 Å². The quantitative estimate of drug-likeness (QED) is 0.713. The molecule has 0 radical (unpaired) electrons. The predicted molar refractivity (Wildman–Crippen MR) is 71.6 cm³/mol. The molecule has 1 nitrogen and oxygen atoms in total. The minimum absolute atomic E-state index is 0.561. The van der Waals surface area contributed by atoms with Crippen LogP contribution in [0, 0.1) is 5.92 Å². The van der Waals surface area contributed by atoms with Crippen LogP contribution in [0.3, 0.4) is 0 Å². The average Bonchev–Trinajstić information content (AvgIpc) is 2.27. The van der Waals surface area contributed by atoms with Crippen molar-refractivity contribution >= 4 is 31.9 Å². The summed E-state index contributed by atoms with van der Waals surface area (Å²) in [6.45, 7) is 3.66. The molecule has 1 aromatic carbocycles. The molecule has 0 aromatic heterocycles. The van der Waals surface area contributed by atoms with Crippen LogP contribution in [0.4, 0.5) is 0 Å². The first-order valence-corrected chi connectivity index (χ1v) is 7.05. The summed E-state index contributed by atoms with van der Waals surface area (Å²) >= 11 is 6.97. The summed E-state index contributed by atoms with van der Waals surface area (Å²) in [5, 5.41) is 0.989. The highest BCUT2D eigenvalue weighted by molar-refractivity contribution is 9.10. The number of hydrogen-bond acceptors (Lipinski definition) is 1. The zero-order valence-corrected chi connectivity index (χ0v) is 12.1. The van der Waals surface area contributed by atoms with Crippen LogP contribution < -0.4 is 0 Å². The molecule has 0 saturated carbocycles. The van der Waals surface area contributed by atoms with Crippen LogP contribution in [0.15, 0.2) is 28.7 Å². The van der Waals surface area contributed by atoms with E-state index in [9.17, 15) is 0 Å². The van der Waals surface area contributed by atoms with Crippen LogP contribution >= 0.6 is 31.9 Å². The summed E-state index contributed by atoms with van der Waals surface area (Å²) in [6, 6.07) is 8.49. The van der Waals surface area contributed by atoms with Crippen molar-refractivity contribution in [3.05, 3.63) is 34.3 Å². The highest BCUT2D eigenvalue weighted by Gasteiger charge is 2.08. The van der Waals surface area contributed by atoms with Crippen LogP contribution in [-0.4, -0.2) is 18.5 Å². The van der Waals surface area contributed by atoms with Gasteiger partial charge in [0.2, 0.25) is 0 Å². The SMILES string of the molecule is CCOCC(CBr)Cc1ccc(Br)cc1. The first kappa shape index (κ1) is 13.2. The van der Waals surface area contributed by atoms with Gasteiger partial charge in [0.15, 0.2) is 0 Å². The lowest BCUT2D eigenvalue weighted by molar-refractivity contribution is 0.118. The van der Waals surface area contributed by atoms with Gasteiger partial charge in [-0.25, -0.2) is 0 Å². The molecule has 0 fully saturated rings. The van der Waals surface area contributed by atoms with Crippen LogP contribution in [-0.2, 0) is 11.2 Å². The van der Waals surface area contributed by atoms with Crippen molar-refractivity contribution in [3.63, 3.8) is 0 Å². The summed E-state index contributed by atoms with van der Waals surface area (Å²) in [7, 11) is 0. The molecule has 15 heavy (non-hydrogen) atoms. The lowest BCUT2D eigenvalue weighted by Crippen LogP contribution is -2.14. The highest BCUT2D eigenvalue weighted by atomic mass is 79.9. The van der Waals surface area contributed by atoms with Crippen molar-refractivity contribution in [1.82, 2.24) is 0 Å². The Labute approximate surface area is 108 Å². The van der Waals surface area contributed by atoms with Crippen molar-refractivity contribution in [2.75, 3.05) is 18.5 Å². The second-order valence-corrected chi connectivity index (χ2v) is 5.07. The van der Waals surface area contributed by atoms with Gasteiger partial charge < -0.3 is 4.74 Å². The van der Waals surface area contributed by atoms with E-state index >= 15 is 0 Å². The van der Waals surface area contributed by atoms with Gasteiger partial charge in [0, 0.05) is 16.4 Å². The number of hydrogen-bond donors (Lipinski definition) is 0. The molecule has 1 rings (SSSR count). The van der Waals surface area contributed by atoms with Gasteiger partial charge in [-0.15, -0.1) is 0 Å². The van der Waals surface area contributed by atoms with E-state index in [0.717, 1.165) is 29.4 Å². The van der Waals surface area contributed by atoms with Gasteiger partial charge in [0.05, 0.1) is 6.61 Å². The maximum Gasteiger partial charge on any atom is 0.0505 e. The zero-order chi connectivity index (χ0) is 11.1. The summed E-state index contributed by atoms with van der Waals surface area (Å²) in [4.78, 5) is 0. The van der Waals surface area contributed by atoms with E-state index in [0.29, 0.717) is 5.92 Å². The number of rotatable bonds is 6. The van der Waals surface area contributed by atoms with Crippen molar-refractivity contribution < 1.29 is 4.74 Å². The van der Waals surface area contributed by atoms with E-state index in [2.05, 4.69) is 56.1 Å². The van der Waals surface area contributed by atoms with Gasteiger partial charge in [-0.1, -0.05) is 44.0 Å². The lowest BCUT2D eigenvalue weighted by Gasteiger charge is -2.13. The smallest absolute Gasteiger partial charge is 0.0505 e. The van der Waals surface area contributed by atoms with Gasteiger partial charge in [-0.05, 0) is 37.0 Å². The molecule has 0 heterocycles. The minimum atomic E-state index is 0.561. The Hall–Kier alpha value is 0.140. The fourth-order valence-corrected chi connectivity index (χ4v) is 2.08. The van der Waals surface area contributed by atoms with E-state index < -0.39 is 0 Å². The molecule has 1 unspecified atom stereocenters. The Bertz CT molecular complexity index is 271. The van der Waals surface area contributed by atoms with Gasteiger partial charge in [-0.3, -0.25) is 0 Å². The molecule has 0 amide bonds. The average molecular weight is 336 g/mol. The van der Waals surface area contributed by atoms with Crippen LogP contribution in [0.25, 0.3) is 0 Å². The predicted octanol–water partition coefficient (Wildman–Crippen LogP) is 4.04. The molecule has 0 aliphatic rings. The fourth-order valence-electron chi connectivity index (χ4n) is 1.40. The van der Waals surface area contributed by atoms with E-state index in [1.54, 1.807) is 0 Å². The van der Waals surface area contributed by atoms with E-state index in [4.69, 9.17) is 4.74 Å². The fraction of sp³-hybridized carbons (Fsp3) is 0.500. The number of halogens is 2. The van der Waals surface area contributed by atoms with E-state index in [-0.39, 0.29) is 0 Å². The molecule has 1 aromatic rings.